The molecule has 0 heterocycles. The van der Waals surface area contributed by atoms with Gasteiger partial charge in [0, 0.05) is 0 Å². The maximum absolute atomic E-state index is 5.88. The van der Waals surface area contributed by atoms with E-state index >= 15 is 0 Å². The fraction of sp³-hybridized carbons (Fsp3) is 0.294. The molecular weight excluding hydrogens is 254 g/mol. The average Bonchev–Trinajstić information content (AvgIpc) is 2.46. The summed E-state index contributed by atoms with van der Waals surface area (Å²) >= 11 is 0. The van der Waals surface area contributed by atoms with Crippen LogP contribution in [0.5, 0.6) is 0 Å². The molecule has 2 N–H and O–H groups in total. The van der Waals surface area contributed by atoms with Gasteiger partial charge in [-0.2, -0.15) is 0 Å². The molecule has 2 aromatic rings. The Hall–Kier alpha value is -1.31. The molecule has 1 unspecified atom stereocenters. The van der Waals surface area contributed by atoms with Gasteiger partial charge in [0.1, 0.15) is 0 Å². The summed E-state index contributed by atoms with van der Waals surface area (Å²) in [5.74, 6) is 0.495. The van der Waals surface area contributed by atoms with E-state index in [0.29, 0.717) is 5.92 Å². The Morgan fingerprint density at radius 3 is 2.00 bits per heavy atom. The van der Waals surface area contributed by atoms with Crippen molar-refractivity contribution in [3.63, 3.8) is 0 Å². The van der Waals surface area contributed by atoms with E-state index < -0.39 is 0 Å². The predicted molar refractivity (Wildman–Crippen MR) is 84.9 cm³/mol. The van der Waals surface area contributed by atoms with E-state index in [1.807, 2.05) is 0 Å². The van der Waals surface area contributed by atoms with Gasteiger partial charge in [0.15, 0.2) is 0 Å². The third kappa shape index (κ3) is 5.06. The molecule has 0 aromatic heterocycles. The van der Waals surface area contributed by atoms with Crippen molar-refractivity contribution in [3.8, 4) is 0 Å². The molecule has 2 rings (SSSR count). The van der Waals surface area contributed by atoms with Crippen molar-refractivity contribution in [1.29, 1.82) is 0 Å². The van der Waals surface area contributed by atoms with Crippen molar-refractivity contribution >= 4 is 12.4 Å². The molecule has 0 aliphatic rings. The first-order valence-corrected chi connectivity index (χ1v) is 6.69. The zero-order chi connectivity index (χ0) is 12.6. The molecule has 1 nitrogen and oxygen atoms in total. The van der Waals surface area contributed by atoms with Crippen LogP contribution < -0.4 is 5.73 Å². The van der Waals surface area contributed by atoms with Crippen LogP contribution in [0.15, 0.2) is 60.7 Å². The summed E-state index contributed by atoms with van der Waals surface area (Å²) in [6.45, 7) is 0.735. The Morgan fingerprint density at radius 1 is 0.842 bits per heavy atom. The summed E-state index contributed by atoms with van der Waals surface area (Å²) in [5.41, 5.74) is 8.67. The molecule has 0 saturated carbocycles. The van der Waals surface area contributed by atoms with Crippen LogP contribution in [0.1, 0.15) is 29.9 Å². The van der Waals surface area contributed by atoms with Gasteiger partial charge in [-0.25, -0.2) is 0 Å². The summed E-state index contributed by atoms with van der Waals surface area (Å²) in [5, 5.41) is 0. The number of hydrogen-bond donors (Lipinski definition) is 1. The molecular formula is C17H22ClN. The van der Waals surface area contributed by atoms with Crippen molar-refractivity contribution in [2.45, 2.75) is 25.2 Å². The summed E-state index contributed by atoms with van der Waals surface area (Å²) < 4.78 is 0. The average molecular weight is 276 g/mol. The maximum atomic E-state index is 5.88. The highest BCUT2D eigenvalue weighted by molar-refractivity contribution is 5.85. The van der Waals surface area contributed by atoms with E-state index in [1.54, 1.807) is 0 Å². The second-order valence-corrected chi connectivity index (χ2v) is 4.72. The number of benzene rings is 2. The standard InChI is InChI=1S/C17H21N.ClH/c18-14-17(16-11-5-2-6-12-16)13-7-10-15-8-3-1-4-9-15;/h1-6,8-9,11-12,17H,7,10,13-14,18H2;1H. The molecule has 0 radical (unpaired) electrons. The van der Waals surface area contributed by atoms with Crippen LogP contribution in [-0.2, 0) is 6.42 Å². The number of rotatable bonds is 6. The lowest BCUT2D eigenvalue weighted by Gasteiger charge is -2.14. The minimum atomic E-state index is 0. The van der Waals surface area contributed by atoms with Crippen molar-refractivity contribution in [2.75, 3.05) is 6.54 Å². The molecule has 1 atom stereocenters. The normalized spacial score (nSPS) is 11.6. The lowest BCUT2D eigenvalue weighted by molar-refractivity contribution is 0.599. The van der Waals surface area contributed by atoms with Gasteiger partial charge in [-0.15, -0.1) is 12.4 Å². The Kier molecular flexibility index (Phi) is 7.24. The topological polar surface area (TPSA) is 26.0 Å². The number of hydrogen-bond acceptors (Lipinski definition) is 1. The van der Waals surface area contributed by atoms with Crippen LogP contribution in [-0.4, -0.2) is 6.54 Å². The SMILES string of the molecule is Cl.NCC(CCCc1ccccc1)c1ccccc1. The fourth-order valence-corrected chi connectivity index (χ4v) is 2.34. The smallest absolute Gasteiger partial charge is 0.000824 e. The number of nitrogens with two attached hydrogens (primary N) is 1. The molecule has 102 valence electrons. The van der Waals surface area contributed by atoms with Gasteiger partial charge in [0.2, 0.25) is 0 Å². The highest BCUT2D eigenvalue weighted by Gasteiger charge is 2.08. The van der Waals surface area contributed by atoms with Crippen LogP contribution in [0.25, 0.3) is 0 Å². The molecule has 0 saturated heterocycles. The van der Waals surface area contributed by atoms with E-state index in [2.05, 4.69) is 60.7 Å². The fourth-order valence-electron chi connectivity index (χ4n) is 2.34. The van der Waals surface area contributed by atoms with Crippen LogP contribution >= 0.6 is 12.4 Å². The lowest BCUT2D eigenvalue weighted by Crippen LogP contribution is -2.12. The Morgan fingerprint density at radius 2 is 1.42 bits per heavy atom. The zero-order valence-electron chi connectivity index (χ0n) is 11.2. The second kappa shape index (κ2) is 8.73. The molecule has 0 aliphatic carbocycles. The summed E-state index contributed by atoms with van der Waals surface area (Å²) in [6, 6.07) is 21.3. The van der Waals surface area contributed by atoms with Gasteiger partial charge in [-0.1, -0.05) is 60.7 Å². The summed E-state index contributed by atoms with van der Waals surface area (Å²) in [4.78, 5) is 0. The highest BCUT2D eigenvalue weighted by atomic mass is 35.5. The predicted octanol–water partition coefficient (Wildman–Crippen LogP) is 4.17. The zero-order valence-corrected chi connectivity index (χ0v) is 12.0. The van der Waals surface area contributed by atoms with Gasteiger partial charge >= 0.3 is 0 Å². The van der Waals surface area contributed by atoms with Gasteiger partial charge in [0.25, 0.3) is 0 Å². The molecule has 0 spiro atoms. The van der Waals surface area contributed by atoms with Crippen LogP contribution in [0.4, 0.5) is 0 Å². The monoisotopic (exact) mass is 275 g/mol. The first kappa shape index (κ1) is 15.7. The van der Waals surface area contributed by atoms with Gasteiger partial charge in [0.05, 0.1) is 0 Å². The minimum absolute atomic E-state index is 0. The van der Waals surface area contributed by atoms with Gasteiger partial charge in [-0.3, -0.25) is 0 Å². The molecule has 0 fully saturated rings. The summed E-state index contributed by atoms with van der Waals surface area (Å²) in [6.07, 6.45) is 3.50. The van der Waals surface area contributed by atoms with Crippen molar-refractivity contribution in [1.82, 2.24) is 0 Å². The lowest BCUT2D eigenvalue weighted by atomic mass is 9.93. The van der Waals surface area contributed by atoms with E-state index in [-0.39, 0.29) is 12.4 Å². The van der Waals surface area contributed by atoms with E-state index in [9.17, 15) is 0 Å². The van der Waals surface area contributed by atoms with Crippen LogP contribution in [0.2, 0.25) is 0 Å². The van der Waals surface area contributed by atoms with Crippen LogP contribution in [0.3, 0.4) is 0 Å². The number of halogens is 1. The van der Waals surface area contributed by atoms with Gasteiger partial charge in [-0.05, 0) is 42.9 Å². The molecule has 0 bridgehead atoms. The Balaban J connectivity index is 0.00000180. The molecule has 2 aromatic carbocycles. The first-order chi connectivity index (χ1) is 8.90. The van der Waals surface area contributed by atoms with E-state index in [4.69, 9.17) is 5.73 Å². The molecule has 0 aliphatic heterocycles. The minimum Gasteiger partial charge on any atom is -0.330 e. The molecule has 0 amide bonds. The maximum Gasteiger partial charge on any atom is -0.000824 e. The Labute approximate surface area is 122 Å². The van der Waals surface area contributed by atoms with Crippen LogP contribution in [0, 0.1) is 0 Å². The van der Waals surface area contributed by atoms with Gasteiger partial charge < -0.3 is 5.73 Å². The number of aryl methyl sites for hydroxylation is 1. The molecule has 19 heavy (non-hydrogen) atoms. The van der Waals surface area contributed by atoms with E-state index in [1.165, 1.54) is 17.5 Å². The highest BCUT2D eigenvalue weighted by Crippen LogP contribution is 2.20. The third-order valence-corrected chi connectivity index (χ3v) is 3.42. The first-order valence-electron chi connectivity index (χ1n) is 6.69. The van der Waals surface area contributed by atoms with Crippen molar-refractivity contribution in [2.24, 2.45) is 5.73 Å². The largest absolute Gasteiger partial charge is 0.330 e. The van der Waals surface area contributed by atoms with Crippen molar-refractivity contribution < 1.29 is 0 Å². The third-order valence-electron chi connectivity index (χ3n) is 3.42. The quantitative estimate of drug-likeness (QED) is 0.841. The Bertz CT molecular complexity index is 441. The van der Waals surface area contributed by atoms with E-state index in [0.717, 1.165) is 19.4 Å². The second-order valence-electron chi connectivity index (χ2n) is 4.72. The summed E-state index contributed by atoms with van der Waals surface area (Å²) in [7, 11) is 0. The molecule has 2 heteroatoms. The van der Waals surface area contributed by atoms with Crippen molar-refractivity contribution in [3.05, 3.63) is 71.8 Å².